The number of rotatable bonds is 14. The lowest BCUT2D eigenvalue weighted by Gasteiger charge is -2.58. The molecule has 4 N–H and O–H groups in total. The molecule has 0 spiro atoms. The summed E-state index contributed by atoms with van der Waals surface area (Å²) in [6.07, 6.45) is 4.97. The van der Waals surface area contributed by atoms with Crippen molar-refractivity contribution in [1.29, 1.82) is 0 Å². The number of ether oxygens (including phenoxy) is 1. The van der Waals surface area contributed by atoms with Gasteiger partial charge < -0.3 is 20.3 Å². The van der Waals surface area contributed by atoms with Crippen molar-refractivity contribution in [2.75, 3.05) is 61.4 Å². The van der Waals surface area contributed by atoms with E-state index in [4.69, 9.17) is 4.74 Å². The Labute approximate surface area is 383 Å². The third-order valence-electron chi connectivity index (χ3n) is 13.0. The molecule has 2 bridgehead atoms. The molecule has 5 fully saturated rings. The number of nitrogens with zero attached hydrogens (tertiary/aromatic N) is 6. The number of hydrogen-bond donors (Lipinski definition) is 4. The number of fused-ring (bicyclic) bond motifs is 3. The highest BCUT2D eigenvalue weighted by Crippen LogP contribution is 2.39. The second-order valence-electron chi connectivity index (χ2n) is 19.0. The number of aromatic nitrogens is 2. The van der Waals surface area contributed by atoms with E-state index in [0.29, 0.717) is 48.8 Å². The van der Waals surface area contributed by atoms with Gasteiger partial charge >= 0.3 is 0 Å². The third kappa shape index (κ3) is 9.61. The molecule has 3 unspecified atom stereocenters. The van der Waals surface area contributed by atoms with Gasteiger partial charge in [-0.3, -0.25) is 39.2 Å². The molecule has 4 aromatic rings. The van der Waals surface area contributed by atoms with Gasteiger partial charge in [-0.05, 0) is 127 Å². The minimum absolute atomic E-state index is 0.0197. The Balaban J connectivity index is 0.706. The number of aryl methyl sites for hydroxylation is 1. The van der Waals surface area contributed by atoms with Crippen molar-refractivity contribution in [2.24, 2.45) is 5.92 Å². The van der Waals surface area contributed by atoms with Crippen LogP contribution in [0.2, 0.25) is 0 Å². The Bertz CT molecular complexity index is 2660. The van der Waals surface area contributed by atoms with Gasteiger partial charge in [0.1, 0.15) is 30.0 Å². The minimum Gasteiger partial charge on any atom is -0.492 e. The van der Waals surface area contributed by atoms with Crippen LogP contribution in [0.5, 0.6) is 5.75 Å². The van der Waals surface area contributed by atoms with Gasteiger partial charge in [0.2, 0.25) is 27.8 Å². The topological polar surface area (TPSA) is 199 Å². The number of imide groups is 2. The minimum atomic E-state index is -3.71. The van der Waals surface area contributed by atoms with Gasteiger partial charge in [-0.25, -0.2) is 22.5 Å². The fourth-order valence-electron chi connectivity index (χ4n) is 9.62. The van der Waals surface area contributed by atoms with Crippen LogP contribution in [0.3, 0.4) is 0 Å². The van der Waals surface area contributed by atoms with Gasteiger partial charge in [0.15, 0.2) is 0 Å². The highest BCUT2D eigenvalue weighted by molar-refractivity contribution is 7.89. The summed E-state index contributed by atoms with van der Waals surface area (Å²) in [6.45, 7) is 12.9. The molecule has 3 atom stereocenters. The number of sulfonamides is 1. The zero-order valence-corrected chi connectivity index (χ0v) is 38.3. The normalized spacial score (nSPS) is 21.7. The molecular formula is C47H55FN10O7S. The third-order valence-corrected chi connectivity index (χ3v) is 14.7. The summed E-state index contributed by atoms with van der Waals surface area (Å²) in [4.78, 5) is 67.7. The molecule has 5 saturated heterocycles. The predicted octanol–water partition coefficient (Wildman–Crippen LogP) is 4.94. The van der Waals surface area contributed by atoms with Gasteiger partial charge in [0, 0.05) is 73.4 Å². The fraction of sp³-hybridized carbons (Fsp3) is 0.447. The lowest BCUT2D eigenvalue weighted by molar-refractivity contribution is -0.136. The number of piperidine rings is 3. The van der Waals surface area contributed by atoms with E-state index < -0.39 is 51.0 Å². The van der Waals surface area contributed by atoms with E-state index in [1.807, 2.05) is 36.1 Å². The molecule has 19 heteroatoms. The number of halogens is 1. The molecule has 10 rings (SSSR count). The van der Waals surface area contributed by atoms with Crippen LogP contribution in [0.1, 0.15) is 79.2 Å². The van der Waals surface area contributed by atoms with Crippen LogP contribution in [0.15, 0.2) is 71.8 Å². The number of piperazine rings is 1. The number of anilines is 5. The van der Waals surface area contributed by atoms with Gasteiger partial charge in [-0.15, -0.1) is 0 Å². The Morgan fingerprint density at radius 1 is 0.894 bits per heavy atom. The van der Waals surface area contributed by atoms with Gasteiger partial charge in [0.25, 0.3) is 11.8 Å². The number of carbonyl (C=O) groups is 4. The molecule has 1 aromatic heterocycles. The van der Waals surface area contributed by atoms with Gasteiger partial charge in [0.05, 0.1) is 21.7 Å². The van der Waals surface area contributed by atoms with Gasteiger partial charge in [-0.1, -0.05) is 6.07 Å². The van der Waals surface area contributed by atoms with E-state index in [1.54, 1.807) is 51.2 Å². The summed E-state index contributed by atoms with van der Waals surface area (Å²) in [7, 11) is -3.71. The zero-order valence-electron chi connectivity index (χ0n) is 37.5. The zero-order chi connectivity index (χ0) is 46.5. The maximum absolute atomic E-state index is 15.6. The lowest BCUT2D eigenvalue weighted by Crippen LogP contribution is -2.69. The van der Waals surface area contributed by atoms with E-state index >= 15 is 4.39 Å². The summed E-state index contributed by atoms with van der Waals surface area (Å²) in [6, 6.07) is 16.3. The molecule has 66 heavy (non-hydrogen) atoms. The second kappa shape index (κ2) is 18.0. The lowest BCUT2D eigenvalue weighted by atomic mass is 9.84. The highest BCUT2D eigenvalue weighted by atomic mass is 32.2. The summed E-state index contributed by atoms with van der Waals surface area (Å²) in [5.41, 5.74) is 1.86. The monoisotopic (exact) mass is 922 g/mol. The molecule has 3 aromatic carbocycles. The molecular weight excluding hydrogens is 868 g/mol. The van der Waals surface area contributed by atoms with Crippen molar-refractivity contribution in [3.63, 3.8) is 0 Å². The Hall–Kier alpha value is -6.02. The van der Waals surface area contributed by atoms with Crippen molar-refractivity contribution in [3.8, 4) is 5.75 Å². The summed E-state index contributed by atoms with van der Waals surface area (Å²) < 4.78 is 50.2. The number of likely N-dealkylation sites (tertiary alicyclic amines) is 1. The summed E-state index contributed by atoms with van der Waals surface area (Å²) in [5, 5.41) is 8.66. The number of hydrogen-bond acceptors (Lipinski definition) is 14. The molecule has 6 aliphatic heterocycles. The first-order valence-corrected chi connectivity index (χ1v) is 24.0. The van der Waals surface area contributed by atoms with E-state index in [9.17, 15) is 27.6 Å². The first-order valence-electron chi connectivity index (χ1n) is 22.5. The molecule has 0 saturated carbocycles. The summed E-state index contributed by atoms with van der Waals surface area (Å²) >= 11 is 0. The number of amides is 4. The van der Waals surface area contributed by atoms with Crippen LogP contribution in [-0.2, 0) is 19.6 Å². The smallest absolute Gasteiger partial charge is 0.262 e. The van der Waals surface area contributed by atoms with Crippen LogP contribution >= 0.6 is 0 Å². The predicted molar refractivity (Wildman–Crippen MR) is 245 cm³/mol. The van der Waals surface area contributed by atoms with E-state index in [-0.39, 0.29) is 40.9 Å². The molecule has 0 aliphatic carbocycles. The van der Waals surface area contributed by atoms with Crippen LogP contribution < -0.4 is 30.3 Å². The Morgan fingerprint density at radius 3 is 2.30 bits per heavy atom. The first-order chi connectivity index (χ1) is 31.5. The van der Waals surface area contributed by atoms with Crippen molar-refractivity contribution >= 4 is 62.5 Å². The molecule has 7 heterocycles. The van der Waals surface area contributed by atoms with E-state index in [1.165, 1.54) is 6.07 Å². The Morgan fingerprint density at radius 2 is 1.61 bits per heavy atom. The SMILES string of the molecule is Cc1cnc(Nc2ccc(OCCN3CCC(CN4C5CC4CN(c4cc6c(cc4F)C(=O)N(C4CCC(=O)NC4=O)C6=O)C5)CC3)cc2)nc1Nc1cccc(S(=O)(=O)NC(C)(C)C)c1. The quantitative estimate of drug-likeness (QED) is 0.124. The average Bonchev–Trinajstić information content (AvgIpc) is 3.51. The number of carbonyl (C=O) groups excluding carboxylic acids is 4. The van der Waals surface area contributed by atoms with E-state index in [2.05, 4.69) is 40.4 Å². The largest absolute Gasteiger partial charge is 0.492 e. The van der Waals surface area contributed by atoms with Crippen molar-refractivity contribution in [1.82, 2.24) is 34.7 Å². The van der Waals surface area contributed by atoms with Crippen molar-refractivity contribution in [3.05, 3.63) is 89.4 Å². The maximum Gasteiger partial charge on any atom is 0.262 e. The molecule has 348 valence electrons. The second-order valence-corrected chi connectivity index (χ2v) is 20.6. The molecule has 0 radical (unpaired) electrons. The van der Waals surface area contributed by atoms with Crippen molar-refractivity contribution in [2.45, 2.75) is 88.4 Å². The molecule has 17 nitrogen and oxygen atoms in total. The molecule has 6 aliphatic rings. The number of benzene rings is 3. The number of nitrogens with one attached hydrogen (secondary N) is 4. The van der Waals surface area contributed by atoms with Crippen molar-refractivity contribution < 1.29 is 36.7 Å². The standard InChI is InChI=1S/C47H55FN10O7S/c1-28-24-49-46(53-42(28)50-31-6-5-7-35(20-31)66(63,64)54-47(2,3)4)51-30-8-10-34(11-9-30)65-19-18-55-16-14-29(15-17-55)25-57-32-21-33(57)27-56(26-32)40-23-37-36(22-38(40)48)44(61)58(45(37)62)39-12-13-41(59)52-43(39)60/h5-11,20,22-24,29,32-33,39,54H,12-19,21,25-27H2,1-4H3,(H,52,59,60)(H2,49,50,51,53). The van der Waals surface area contributed by atoms with E-state index in [0.717, 1.165) is 73.4 Å². The van der Waals surface area contributed by atoms with Crippen LogP contribution in [-0.4, -0.2) is 126 Å². The van der Waals surface area contributed by atoms with Crippen LogP contribution in [0.4, 0.5) is 33.2 Å². The van der Waals surface area contributed by atoms with Gasteiger partial charge in [-0.2, -0.15) is 4.98 Å². The molecule has 4 amide bonds. The Kier molecular flexibility index (Phi) is 12.3. The average molecular weight is 923 g/mol. The fourth-order valence-corrected chi connectivity index (χ4v) is 11.1. The maximum atomic E-state index is 15.6. The first kappa shape index (κ1) is 45.1. The highest BCUT2D eigenvalue weighted by Gasteiger charge is 2.48. The summed E-state index contributed by atoms with van der Waals surface area (Å²) in [5.74, 6) is -0.819. The van der Waals surface area contributed by atoms with Crippen LogP contribution in [0, 0.1) is 18.7 Å². The van der Waals surface area contributed by atoms with Crippen LogP contribution in [0.25, 0.3) is 0 Å².